The topological polar surface area (TPSA) is 56.7 Å². The summed E-state index contributed by atoms with van der Waals surface area (Å²) in [6, 6.07) is 15.3. The van der Waals surface area contributed by atoms with E-state index in [1.165, 1.54) is 0 Å². The summed E-state index contributed by atoms with van der Waals surface area (Å²) in [5.74, 6) is -0.161. The number of rotatable bonds is 7. The van der Waals surface area contributed by atoms with Crippen molar-refractivity contribution in [3.05, 3.63) is 58.6 Å². The van der Waals surface area contributed by atoms with Gasteiger partial charge in [-0.25, -0.2) is 5.43 Å². The fraction of sp³-hybridized carbons (Fsp3) is 0.263. The van der Waals surface area contributed by atoms with Gasteiger partial charge in [0.05, 0.1) is 6.21 Å². The third-order valence-corrected chi connectivity index (χ3v) is 4.24. The summed E-state index contributed by atoms with van der Waals surface area (Å²) in [6.45, 7) is 1.96. The molecule has 1 atom stereocenters. The monoisotopic (exact) mass is 402 g/mol. The second-order valence-electron chi connectivity index (χ2n) is 5.83. The van der Waals surface area contributed by atoms with Gasteiger partial charge in [-0.15, -0.1) is 0 Å². The molecule has 2 aromatic rings. The quantitative estimate of drug-likeness (QED) is 0.545. The van der Waals surface area contributed by atoms with Gasteiger partial charge in [0.15, 0.2) is 0 Å². The smallest absolute Gasteiger partial charge is 0.262 e. The number of anilines is 2. The van der Waals surface area contributed by atoms with Gasteiger partial charge in [-0.1, -0.05) is 35.0 Å². The van der Waals surface area contributed by atoms with E-state index in [0.717, 1.165) is 21.4 Å². The van der Waals surface area contributed by atoms with E-state index in [1.807, 2.05) is 74.4 Å². The van der Waals surface area contributed by atoms with Gasteiger partial charge in [0.25, 0.3) is 5.91 Å². The third kappa shape index (κ3) is 5.90. The summed E-state index contributed by atoms with van der Waals surface area (Å²) >= 11 is 3.40. The molecule has 0 radical (unpaired) electrons. The van der Waals surface area contributed by atoms with Crippen LogP contribution in [0.15, 0.2) is 58.1 Å². The van der Waals surface area contributed by atoms with Crippen LogP contribution in [-0.2, 0) is 4.79 Å². The molecule has 2 N–H and O–H groups in total. The minimum Gasteiger partial charge on any atom is -0.378 e. The number of hydrogen-bond acceptors (Lipinski definition) is 4. The van der Waals surface area contributed by atoms with Crippen molar-refractivity contribution in [3.63, 3.8) is 0 Å². The number of carbonyl (C=O) groups is 1. The molecule has 0 unspecified atom stereocenters. The molecule has 0 heterocycles. The van der Waals surface area contributed by atoms with E-state index in [-0.39, 0.29) is 11.9 Å². The molecule has 0 fully saturated rings. The zero-order valence-electron chi connectivity index (χ0n) is 14.7. The number of halogens is 1. The van der Waals surface area contributed by atoms with Crippen LogP contribution in [0.5, 0.6) is 0 Å². The summed E-state index contributed by atoms with van der Waals surface area (Å²) in [4.78, 5) is 14.3. The van der Waals surface area contributed by atoms with E-state index in [1.54, 1.807) is 6.21 Å². The molecule has 0 spiro atoms. The van der Waals surface area contributed by atoms with E-state index in [2.05, 4.69) is 31.8 Å². The Morgan fingerprint density at radius 1 is 1.16 bits per heavy atom. The number of hydrogen-bond donors (Lipinski definition) is 2. The SMILES string of the molecule is CC[C@@H](Nc1ccc(Br)cc1)C(=O)NN=Cc1ccc(N(C)C)cc1. The summed E-state index contributed by atoms with van der Waals surface area (Å²) < 4.78 is 1.00. The Kier molecular flexibility index (Phi) is 7.01. The number of hydrazone groups is 1. The van der Waals surface area contributed by atoms with Crippen LogP contribution in [0.25, 0.3) is 0 Å². The van der Waals surface area contributed by atoms with Gasteiger partial charge >= 0.3 is 0 Å². The maximum absolute atomic E-state index is 12.3. The molecule has 0 aromatic heterocycles. The summed E-state index contributed by atoms with van der Waals surface area (Å²) in [5.41, 5.74) is 5.54. The fourth-order valence-electron chi connectivity index (χ4n) is 2.21. The molecule has 0 saturated carbocycles. The van der Waals surface area contributed by atoms with Crippen molar-refractivity contribution in [3.8, 4) is 0 Å². The summed E-state index contributed by atoms with van der Waals surface area (Å²) in [7, 11) is 3.99. The zero-order chi connectivity index (χ0) is 18.2. The predicted molar refractivity (Wildman–Crippen MR) is 108 cm³/mol. The largest absolute Gasteiger partial charge is 0.378 e. The lowest BCUT2D eigenvalue weighted by molar-refractivity contribution is -0.121. The van der Waals surface area contributed by atoms with Gasteiger partial charge < -0.3 is 10.2 Å². The number of nitrogens with zero attached hydrogens (tertiary/aromatic N) is 2. The Morgan fingerprint density at radius 2 is 1.80 bits per heavy atom. The molecular weight excluding hydrogens is 380 g/mol. The highest BCUT2D eigenvalue weighted by Crippen LogP contribution is 2.15. The fourth-order valence-corrected chi connectivity index (χ4v) is 2.47. The highest BCUT2D eigenvalue weighted by molar-refractivity contribution is 9.10. The molecule has 1 amide bonds. The van der Waals surface area contributed by atoms with Crippen molar-refractivity contribution in [1.82, 2.24) is 5.43 Å². The van der Waals surface area contributed by atoms with E-state index in [0.29, 0.717) is 6.42 Å². The van der Waals surface area contributed by atoms with Crippen LogP contribution in [0.2, 0.25) is 0 Å². The Bertz CT molecular complexity index is 711. The molecule has 0 aliphatic rings. The van der Waals surface area contributed by atoms with Gasteiger partial charge in [-0.05, 0) is 48.4 Å². The summed E-state index contributed by atoms with van der Waals surface area (Å²) in [6.07, 6.45) is 2.30. The standard InChI is InChI=1S/C19H23BrN4O/c1-4-18(22-16-9-7-15(20)8-10-16)19(25)23-21-13-14-5-11-17(12-6-14)24(2)3/h5-13,18,22H,4H2,1-3H3,(H,23,25)/t18-/m1/s1. The first-order chi connectivity index (χ1) is 12.0. The average molecular weight is 403 g/mol. The molecule has 2 aromatic carbocycles. The van der Waals surface area contributed by atoms with Crippen molar-refractivity contribution in [2.24, 2.45) is 5.10 Å². The Hall–Kier alpha value is -2.34. The van der Waals surface area contributed by atoms with Crippen LogP contribution in [0.4, 0.5) is 11.4 Å². The van der Waals surface area contributed by atoms with Crippen LogP contribution >= 0.6 is 15.9 Å². The number of amides is 1. The lowest BCUT2D eigenvalue weighted by Gasteiger charge is -2.16. The predicted octanol–water partition coefficient (Wildman–Crippen LogP) is 3.86. The van der Waals surface area contributed by atoms with E-state index < -0.39 is 0 Å². The minimum atomic E-state index is -0.338. The second-order valence-corrected chi connectivity index (χ2v) is 6.75. The van der Waals surface area contributed by atoms with E-state index in [4.69, 9.17) is 0 Å². The lowest BCUT2D eigenvalue weighted by atomic mass is 10.2. The van der Waals surface area contributed by atoms with Crippen molar-refractivity contribution < 1.29 is 4.79 Å². The number of nitrogens with one attached hydrogen (secondary N) is 2. The molecule has 0 bridgehead atoms. The zero-order valence-corrected chi connectivity index (χ0v) is 16.2. The van der Waals surface area contributed by atoms with Gasteiger partial charge in [-0.2, -0.15) is 5.10 Å². The first-order valence-electron chi connectivity index (χ1n) is 8.12. The van der Waals surface area contributed by atoms with Gasteiger partial charge in [0.2, 0.25) is 0 Å². The second kappa shape index (κ2) is 9.22. The maximum atomic E-state index is 12.3. The van der Waals surface area contributed by atoms with Crippen molar-refractivity contribution in [1.29, 1.82) is 0 Å². The lowest BCUT2D eigenvalue weighted by Crippen LogP contribution is -2.36. The Labute approximate surface area is 157 Å². The van der Waals surface area contributed by atoms with Gasteiger partial charge in [0, 0.05) is 29.9 Å². The normalized spacial score (nSPS) is 12.0. The third-order valence-electron chi connectivity index (χ3n) is 3.71. The summed E-state index contributed by atoms with van der Waals surface area (Å²) in [5, 5.41) is 7.27. The molecule has 5 nitrogen and oxygen atoms in total. The Morgan fingerprint density at radius 3 is 2.36 bits per heavy atom. The van der Waals surface area contributed by atoms with Crippen LogP contribution in [0, 0.1) is 0 Å². The molecular formula is C19H23BrN4O. The van der Waals surface area contributed by atoms with Crippen LogP contribution in [0.3, 0.4) is 0 Å². The molecule has 6 heteroatoms. The highest BCUT2D eigenvalue weighted by atomic mass is 79.9. The van der Waals surface area contributed by atoms with Gasteiger partial charge in [-0.3, -0.25) is 4.79 Å². The van der Waals surface area contributed by atoms with Crippen molar-refractivity contribution >= 4 is 39.4 Å². The number of benzene rings is 2. The molecule has 0 aliphatic heterocycles. The molecule has 25 heavy (non-hydrogen) atoms. The van der Waals surface area contributed by atoms with Crippen molar-refractivity contribution in [2.75, 3.05) is 24.3 Å². The number of carbonyl (C=O) groups excluding carboxylic acids is 1. The van der Waals surface area contributed by atoms with Crippen LogP contribution in [0.1, 0.15) is 18.9 Å². The molecule has 0 saturated heterocycles. The average Bonchev–Trinajstić information content (AvgIpc) is 2.61. The van der Waals surface area contributed by atoms with Crippen molar-refractivity contribution in [2.45, 2.75) is 19.4 Å². The first kappa shape index (κ1) is 19.0. The molecule has 0 aliphatic carbocycles. The minimum absolute atomic E-state index is 0.161. The first-order valence-corrected chi connectivity index (χ1v) is 8.91. The van der Waals surface area contributed by atoms with E-state index >= 15 is 0 Å². The maximum Gasteiger partial charge on any atom is 0.262 e. The molecule has 2 rings (SSSR count). The Balaban J connectivity index is 1.91. The van der Waals surface area contributed by atoms with Crippen LogP contribution in [-0.4, -0.2) is 32.3 Å². The van der Waals surface area contributed by atoms with Crippen LogP contribution < -0.4 is 15.6 Å². The highest BCUT2D eigenvalue weighted by Gasteiger charge is 2.15. The van der Waals surface area contributed by atoms with Gasteiger partial charge in [0.1, 0.15) is 6.04 Å². The molecule has 132 valence electrons. The van der Waals surface area contributed by atoms with E-state index in [9.17, 15) is 4.79 Å².